The van der Waals surface area contributed by atoms with E-state index in [4.69, 9.17) is 14.2 Å². The van der Waals surface area contributed by atoms with Crippen LogP contribution in [0.5, 0.6) is 5.75 Å². The Morgan fingerprint density at radius 2 is 1.50 bits per heavy atom. The summed E-state index contributed by atoms with van der Waals surface area (Å²) in [4.78, 5) is 42.6. The van der Waals surface area contributed by atoms with Crippen molar-refractivity contribution in [2.75, 3.05) is 90.3 Å². The third-order valence-electron chi connectivity index (χ3n) is 9.17. The number of carbonyl (C=O) groups excluding carboxylic acids is 2. The fourth-order valence-corrected chi connectivity index (χ4v) is 6.41. The molecule has 0 saturated carbocycles. The van der Waals surface area contributed by atoms with Crippen LogP contribution >= 0.6 is 0 Å². The normalized spacial score (nSPS) is 16.4. The SMILES string of the molecule is Cc1c(-c2ccccc2)n(-c2cccc(N3CCOCC3)c2)c(=O)n1Cc1cccc(OCC(=O)N2CCOCC2)c1.O=CN1CCNCC1. The highest BCUT2D eigenvalue weighted by Gasteiger charge is 2.22. The van der Waals surface area contributed by atoms with Crippen LogP contribution in [-0.4, -0.2) is 117 Å². The van der Waals surface area contributed by atoms with Gasteiger partial charge in [-0.1, -0.05) is 48.5 Å². The highest BCUT2D eigenvalue weighted by atomic mass is 16.5. The van der Waals surface area contributed by atoms with Gasteiger partial charge in [-0.25, -0.2) is 4.79 Å². The van der Waals surface area contributed by atoms with Gasteiger partial charge in [-0.15, -0.1) is 0 Å². The van der Waals surface area contributed by atoms with Crippen molar-refractivity contribution in [3.05, 3.63) is 101 Å². The van der Waals surface area contributed by atoms with E-state index in [2.05, 4.69) is 22.3 Å². The number of morpholine rings is 2. The summed E-state index contributed by atoms with van der Waals surface area (Å²) in [5.74, 6) is 0.542. The molecule has 3 fully saturated rings. The number of anilines is 1. The lowest BCUT2D eigenvalue weighted by Gasteiger charge is -2.29. The van der Waals surface area contributed by atoms with Crippen molar-refractivity contribution < 1.29 is 23.8 Å². The number of hydrogen-bond acceptors (Lipinski definition) is 8. The van der Waals surface area contributed by atoms with Crippen molar-refractivity contribution in [3.63, 3.8) is 0 Å². The van der Waals surface area contributed by atoms with Gasteiger partial charge >= 0.3 is 5.69 Å². The third kappa shape index (κ3) is 8.62. The molecular formula is C38H46N6O6. The minimum atomic E-state index is -0.112. The molecule has 1 N–H and O–H groups in total. The fourth-order valence-electron chi connectivity index (χ4n) is 6.41. The highest BCUT2D eigenvalue weighted by molar-refractivity contribution is 5.77. The lowest BCUT2D eigenvalue weighted by molar-refractivity contribution is -0.137. The Bertz CT molecular complexity index is 1770. The summed E-state index contributed by atoms with van der Waals surface area (Å²) in [5, 5.41) is 3.15. The summed E-state index contributed by atoms with van der Waals surface area (Å²) in [6.45, 7) is 11.2. The number of aromatic nitrogens is 2. The van der Waals surface area contributed by atoms with Crippen LogP contribution in [0.2, 0.25) is 0 Å². The number of ether oxygens (including phenoxy) is 3. The van der Waals surface area contributed by atoms with Crippen LogP contribution in [0.1, 0.15) is 11.3 Å². The van der Waals surface area contributed by atoms with E-state index in [0.29, 0.717) is 51.8 Å². The molecular weight excluding hydrogens is 636 g/mol. The molecule has 0 radical (unpaired) electrons. The molecule has 0 atom stereocenters. The first kappa shape index (κ1) is 34.9. The minimum Gasteiger partial charge on any atom is -0.484 e. The summed E-state index contributed by atoms with van der Waals surface area (Å²) >= 11 is 0. The first-order valence-electron chi connectivity index (χ1n) is 17.3. The average molecular weight is 683 g/mol. The first-order valence-corrected chi connectivity index (χ1v) is 17.3. The molecule has 0 bridgehead atoms. The molecule has 3 aliphatic heterocycles. The molecule has 4 heterocycles. The molecule has 3 aromatic carbocycles. The van der Waals surface area contributed by atoms with Gasteiger partial charge in [0.1, 0.15) is 5.75 Å². The second-order valence-electron chi connectivity index (χ2n) is 12.4. The average Bonchev–Trinajstić information content (AvgIpc) is 3.43. The number of rotatable bonds is 9. The third-order valence-corrected chi connectivity index (χ3v) is 9.17. The lowest BCUT2D eigenvalue weighted by atomic mass is 10.1. The van der Waals surface area contributed by atoms with Crippen molar-refractivity contribution in [3.8, 4) is 22.7 Å². The standard InChI is InChI=1S/C33H36N4O5.C5H10N2O/c1-25-32(27-8-3-2-4-9-27)37(29-11-6-10-28(22-29)34-13-17-40-18-14-34)33(39)36(25)23-26-7-5-12-30(21-26)42-24-31(38)35-15-19-41-20-16-35;8-5-7-3-1-6-2-4-7/h2-12,21-22H,13-20,23-24H2,1H3;5-6H,1-4H2. The number of hydrogen-bond donors (Lipinski definition) is 1. The molecule has 0 spiro atoms. The van der Waals surface area contributed by atoms with Crippen molar-refractivity contribution in [1.29, 1.82) is 0 Å². The van der Waals surface area contributed by atoms with Gasteiger partial charge in [0.05, 0.1) is 44.4 Å². The highest BCUT2D eigenvalue weighted by Crippen LogP contribution is 2.28. The van der Waals surface area contributed by atoms with Crippen molar-refractivity contribution >= 4 is 18.0 Å². The molecule has 12 heteroatoms. The molecule has 3 saturated heterocycles. The summed E-state index contributed by atoms with van der Waals surface area (Å²) in [5.41, 5.74) is 5.41. The maximum Gasteiger partial charge on any atom is 0.333 e. The van der Waals surface area contributed by atoms with E-state index < -0.39 is 0 Å². The van der Waals surface area contributed by atoms with Crippen LogP contribution in [0, 0.1) is 6.92 Å². The van der Waals surface area contributed by atoms with Crippen molar-refractivity contribution in [1.82, 2.24) is 24.3 Å². The molecule has 2 amide bonds. The largest absolute Gasteiger partial charge is 0.484 e. The van der Waals surface area contributed by atoms with Crippen LogP contribution in [0.25, 0.3) is 16.9 Å². The monoisotopic (exact) mass is 682 g/mol. The smallest absolute Gasteiger partial charge is 0.333 e. The van der Waals surface area contributed by atoms with E-state index in [1.54, 1.807) is 9.80 Å². The van der Waals surface area contributed by atoms with Crippen LogP contribution in [0.3, 0.4) is 0 Å². The minimum absolute atomic E-state index is 0.0313. The first-order chi connectivity index (χ1) is 24.5. The molecule has 3 aliphatic rings. The molecule has 264 valence electrons. The van der Waals surface area contributed by atoms with Crippen LogP contribution in [0.15, 0.2) is 83.7 Å². The van der Waals surface area contributed by atoms with Gasteiger partial charge < -0.3 is 34.2 Å². The maximum atomic E-state index is 14.2. The number of imidazole rings is 1. The van der Waals surface area contributed by atoms with E-state index in [9.17, 15) is 14.4 Å². The number of nitrogens with one attached hydrogen (secondary N) is 1. The Morgan fingerprint density at radius 3 is 2.20 bits per heavy atom. The zero-order chi connectivity index (χ0) is 34.7. The predicted octanol–water partition coefficient (Wildman–Crippen LogP) is 2.78. The van der Waals surface area contributed by atoms with E-state index in [0.717, 1.165) is 79.6 Å². The van der Waals surface area contributed by atoms with Gasteiger partial charge in [0, 0.05) is 69.3 Å². The molecule has 0 aliphatic carbocycles. The second-order valence-corrected chi connectivity index (χ2v) is 12.4. The zero-order valence-electron chi connectivity index (χ0n) is 28.7. The number of benzene rings is 3. The Balaban J connectivity index is 0.000000477. The molecule has 0 unspecified atom stereocenters. The number of piperazine rings is 1. The Hall–Kier alpha value is -4.91. The van der Waals surface area contributed by atoms with E-state index in [1.807, 2.05) is 82.8 Å². The summed E-state index contributed by atoms with van der Waals surface area (Å²) in [7, 11) is 0. The van der Waals surface area contributed by atoms with E-state index in [-0.39, 0.29) is 18.2 Å². The van der Waals surface area contributed by atoms with Gasteiger partial charge in [0.15, 0.2) is 6.61 Å². The van der Waals surface area contributed by atoms with Crippen LogP contribution < -0.4 is 20.6 Å². The summed E-state index contributed by atoms with van der Waals surface area (Å²) in [6.07, 6.45) is 0.904. The molecule has 1 aromatic heterocycles. The maximum absolute atomic E-state index is 14.2. The molecule has 50 heavy (non-hydrogen) atoms. The Morgan fingerprint density at radius 1 is 0.820 bits per heavy atom. The van der Waals surface area contributed by atoms with Crippen molar-refractivity contribution in [2.24, 2.45) is 0 Å². The fraction of sp³-hybridized carbons (Fsp3) is 0.395. The van der Waals surface area contributed by atoms with Gasteiger partial charge in [0.2, 0.25) is 6.41 Å². The molecule has 7 rings (SSSR count). The van der Waals surface area contributed by atoms with Gasteiger partial charge in [0.25, 0.3) is 5.91 Å². The van der Waals surface area contributed by atoms with Crippen LogP contribution in [-0.2, 0) is 25.6 Å². The summed E-state index contributed by atoms with van der Waals surface area (Å²) < 4.78 is 20.4. The topological polar surface area (TPSA) is 111 Å². The molecule has 4 aromatic rings. The number of nitrogens with zero attached hydrogens (tertiary/aromatic N) is 5. The quantitative estimate of drug-likeness (QED) is 0.269. The Labute approximate surface area is 292 Å². The number of carbonyl (C=O) groups is 2. The Kier molecular flexibility index (Phi) is 12.0. The van der Waals surface area contributed by atoms with Crippen LogP contribution in [0.4, 0.5) is 5.69 Å². The second kappa shape index (κ2) is 17.1. The predicted molar refractivity (Wildman–Crippen MR) is 192 cm³/mol. The van der Waals surface area contributed by atoms with Crippen molar-refractivity contribution in [2.45, 2.75) is 13.5 Å². The summed E-state index contributed by atoms with van der Waals surface area (Å²) in [6, 6.07) is 25.8. The zero-order valence-corrected chi connectivity index (χ0v) is 28.7. The van der Waals surface area contributed by atoms with E-state index in [1.165, 1.54) is 0 Å². The lowest BCUT2D eigenvalue weighted by Crippen LogP contribution is -2.42. The van der Waals surface area contributed by atoms with Gasteiger partial charge in [-0.2, -0.15) is 0 Å². The molecule has 12 nitrogen and oxygen atoms in total. The number of amides is 2. The van der Waals surface area contributed by atoms with E-state index >= 15 is 0 Å². The van der Waals surface area contributed by atoms with Gasteiger partial charge in [-0.3, -0.25) is 18.7 Å². The van der Waals surface area contributed by atoms with Gasteiger partial charge in [-0.05, 0) is 42.8 Å².